The highest BCUT2D eigenvalue weighted by Crippen LogP contribution is 2.43. The smallest absolute Gasteiger partial charge is 0.311 e. The summed E-state index contributed by atoms with van der Waals surface area (Å²) in [6.45, 7) is 1.61. The van der Waals surface area contributed by atoms with E-state index in [2.05, 4.69) is 4.98 Å². The average molecular weight is 274 g/mol. The number of hydrogen-bond donors (Lipinski definition) is 1. The van der Waals surface area contributed by atoms with Crippen molar-refractivity contribution in [2.45, 2.75) is 32.2 Å². The standard InChI is InChI=1S/C14H14N2O4/c1-14(13(19)20)5-2-3-10(14)16-11(17)8-4-6-15-7-9(8)12(16)18/h4,6-7,10H,2-3,5H2,1H3,(H,19,20). The SMILES string of the molecule is CC1(C(=O)O)CCCC1N1C(=O)c2ccncc2C1=O. The number of carboxylic acid groups (broad SMARTS) is 1. The van der Waals surface area contributed by atoms with Gasteiger partial charge in [-0.1, -0.05) is 6.42 Å². The summed E-state index contributed by atoms with van der Waals surface area (Å²) in [5, 5.41) is 9.43. The van der Waals surface area contributed by atoms with E-state index in [0.29, 0.717) is 24.8 Å². The third-order valence-corrected chi connectivity index (χ3v) is 4.43. The Kier molecular flexibility index (Phi) is 2.64. The van der Waals surface area contributed by atoms with E-state index in [1.165, 1.54) is 18.5 Å². The molecule has 2 aliphatic rings. The zero-order valence-electron chi connectivity index (χ0n) is 11.0. The molecule has 1 fully saturated rings. The summed E-state index contributed by atoms with van der Waals surface area (Å²) in [6, 6.07) is 0.912. The first-order chi connectivity index (χ1) is 9.47. The highest BCUT2D eigenvalue weighted by molar-refractivity contribution is 6.21. The third kappa shape index (κ3) is 1.51. The molecule has 6 nitrogen and oxygen atoms in total. The van der Waals surface area contributed by atoms with Crippen LogP contribution >= 0.6 is 0 Å². The number of rotatable bonds is 2. The summed E-state index contributed by atoms with van der Waals surface area (Å²) in [4.78, 5) is 41.3. The molecule has 2 atom stereocenters. The molecule has 2 heterocycles. The van der Waals surface area contributed by atoms with Crippen LogP contribution in [0, 0.1) is 5.41 Å². The maximum absolute atomic E-state index is 12.4. The highest BCUT2D eigenvalue weighted by Gasteiger charge is 2.53. The number of carbonyl (C=O) groups excluding carboxylic acids is 2. The van der Waals surface area contributed by atoms with Gasteiger partial charge in [-0.2, -0.15) is 0 Å². The highest BCUT2D eigenvalue weighted by atomic mass is 16.4. The summed E-state index contributed by atoms with van der Waals surface area (Å²) in [6.07, 6.45) is 4.51. The lowest BCUT2D eigenvalue weighted by molar-refractivity contribution is -0.149. The minimum Gasteiger partial charge on any atom is -0.481 e. The molecule has 2 amide bonds. The van der Waals surface area contributed by atoms with E-state index in [0.717, 1.165) is 4.90 Å². The second kappa shape index (κ2) is 4.13. The van der Waals surface area contributed by atoms with Gasteiger partial charge in [0.1, 0.15) is 0 Å². The lowest BCUT2D eigenvalue weighted by Gasteiger charge is -2.33. The third-order valence-electron chi connectivity index (χ3n) is 4.43. The van der Waals surface area contributed by atoms with Gasteiger partial charge >= 0.3 is 5.97 Å². The molecule has 1 N–H and O–H groups in total. The van der Waals surface area contributed by atoms with Crippen LogP contribution in [0.2, 0.25) is 0 Å². The fraction of sp³-hybridized carbons (Fsp3) is 0.429. The Balaban J connectivity index is 2.03. The maximum Gasteiger partial charge on any atom is 0.311 e. The van der Waals surface area contributed by atoms with Crippen LogP contribution in [0.25, 0.3) is 0 Å². The molecule has 0 spiro atoms. The Hall–Kier alpha value is -2.24. The molecule has 1 aromatic heterocycles. The molecule has 6 heteroatoms. The molecule has 0 saturated heterocycles. The summed E-state index contributed by atoms with van der Waals surface area (Å²) >= 11 is 0. The number of nitrogens with zero attached hydrogens (tertiary/aromatic N) is 2. The van der Waals surface area contributed by atoms with Crippen molar-refractivity contribution in [2.75, 3.05) is 0 Å². The molecule has 1 aliphatic heterocycles. The molecule has 1 aliphatic carbocycles. The van der Waals surface area contributed by atoms with Crippen LogP contribution in [-0.4, -0.2) is 38.8 Å². The summed E-state index contributed by atoms with van der Waals surface area (Å²) in [5.74, 6) is -1.81. The van der Waals surface area contributed by atoms with Crippen molar-refractivity contribution in [2.24, 2.45) is 5.41 Å². The number of aromatic nitrogens is 1. The number of hydrogen-bond acceptors (Lipinski definition) is 4. The average Bonchev–Trinajstić information content (AvgIpc) is 2.92. The number of aliphatic carboxylic acids is 1. The molecule has 1 saturated carbocycles. The van der Waals surface area contributed by atoms with Gasteiger partial charge in [0.15, 0.2) is 0 Å². The molecule has 0 radical (unpaired) electrons. The van der Waals surface area contributed by atoms with Crippen LogP contribution < -0.4 is 0 Å². The lowest BCUT2D eigenvalue weighted by atomic mass is 9.84. The minimum absolute atomic E-state index is 0.261. The first-order valence-corrected chi connectivity index (χ1v) is 6.52. The summed E-state index contributed by atoms with van der Waals surface area (Å²) < 4.78 is 0. The van der Waals surface area contributed by atoms with Gasteiger partial charge in [0.2, 0.25) is 0 Å². The number of imide groups is 1. The van der Waals surface area contributed by atoms with E-state index in [1.807, 2.05) is 0 Å². The Morgan fingerprint density at radius 3 is 2.75 bits per heavy atom. The van der Waals surface area contributed by atoms with E-state index < -0.39 is 29.2 Å². The van der Waals surface area contributed by atoms with Crippen molar-refractivity contribution in [3.63, 3.8) is 0 Å². The number of carboxylic acids is 1. The number of carbonyl (C=O) groups is 3. The van der Waals surface area contributed by atoms with Crippen LogP contribution in [0.15, 0.2) is 18.5 Å². The summed E-state index contributed by atoms with van der Waals surface area (Å²) in [5.41, 5.74) is -0.498. The molecular weight excluding hydrogens is 260 g/mol. The van der Waals surface area contributed by atoms with Gasteiger partial charge in [-0.05, 0) is 25.8 Å². The maximum atomic E-state index is 12.4. The van der Waals surface area contributed by atoms with Gasteiger partial charge in [-0.25, -0.2) is 0 Å². The quantitative estimate of drug-likeness (QED) is 0.822. The van der Waals surface area contributed by atoms with Gasteiger partial charge in [0, 0.05) is 12.4 Å². The molecule has 3 rings (SSSR count). The Labute approximate surface area is 115 Å². The first-order valence-electron chi connectivity index (χ1n) is 6.52. The molecule has 2 unspecified atom stereocenters. The molecular formula is C14H14N2O4. The molecule has 1 aromatic rings. The topological polar surface area (TPSA) is 87.6 Å². The van der Waals surface area contributed by atoms with Gasteiger partial charge in [-0.15, -0.1) is 0 Å². The molecule has 104 valence electrons. The van der Waals surface area contributed by atoms with E-state index in [-0.39, 0.29) is 5.56 Å². The van der Waals surface area contributed by atoms with E-state index >= 15 is 0 Å². The normalized spacial score (nSPS) is 28.9. The number of amides is 2. The number of fused-ring (bicyclic) bond motifs is 1. The van der Waals surface area contributed by atoms with Crippen LogP contribution in [0.4, 0.5) is 0 Å². The Bertz CT molecular complexity index is 592. The predicted molar refractivity (Wildman–Crippen MR) is 68.1 cm³/mol. The second-order valence-corrected chi connectivity index (χ2v) is 5.53. The van der Waals surface area contributed by atoms with Crippen LogP contribution in [0.5, 0.6) is 0 Å². The Morgan fingerprint density at radius 2 is 2.10 bits per heavy atom. The van der Waals surface area contributed by atoms with Crippen molar-refractivity contribution in [1.29, 1.82) is 0 Å². The van der Waals surface area contributed by atoms with Crippen molar-refractivity contribution in [3.8, 4) is 0 Å². The fourth-order valence-corrected chi connectivity index (χ4v) is 3.20. The van der Waals surface area contributed by atoms with Crippen molar-refractivity contribution in [1.82, 2.24) is 9.88 Å². The Morgan fingerprint density at radius 1 is 1.40 bits per heavy atom. The van der Waals surface area contributed by atoms with Crippen molar-refractivity contribution in [3.05, 3.63) is 29.6 Å². The van der Waals surface area contributed by atoms with Crippen molar-refractivity contribution >= 4 is 17.8 Å². The first kappa shape index (κ1) is 12.8. The van der Waals surface area contributed by atoms with Crippen LogP contribution in [0.3, 0.4) is 0 Å². The summed E-state index contributed by atoms with van der Waals surface area (Å²) in [7, 11) is 0. The molecule has 20 heavy (non-hydrogen) atoms. The zero-order valence-corrected chi connectivity index (χ0v) is 11.0. The van der Waals surface area contributed by atoms with Gasteiger partial charge in [0.25, 0.3) is 11.8 Å². The van der Waals surface area contributed by atoms with Crippen LogP contribution in [0.1, 0.15) is 46.9 Å². The van der Waals surface area contributed by atoms with Gasteiger partial charge in [-0.3, -0.25) is 24.3 Å². The minimum atomic E-state index is -1.07. The predicted octanol–water partition coefficient (Wildman–Crippen LogP) is 1.32. The molecule has 0 aromatic carbocycles. The van der Waals surface area contributed by atoms with Gasteiger partial charge in [0.05, 0.1) is 22.6 Å². The largest absolute Gasteiger partial charge is 0.481 e. The number of pyridine rings is 1. The lowest BCUT2D eigenvalue weighted by Crippen LogP contribution is -2.49. The fourth-order valence-electron chi connectivity index (χ4n) is 3.20. The monoisotopic (exact) mass is 274 g/mol. The van der Waals surface area contributed by atoms with E-state index in [1.54, 1.807) is 6.92 Å². The van der Waals surface area contributed by atoms with Crippen molar-refractivity contribution < 1.29 is 19.5 Å². The second-order valence-electron chi connectivity index (χ2n) is 5.53. The van der Waals surface area contributed by atoms with E-state index in [9.17, 15) is 19.5 Å². The zero-order chi connectivity index (χ0) is 14.5. The molecule has 0 bridgehead atoms. The van der Waals surface area contributed by atoms with Crippen LogP contribution in [-0.2, 0) is 4.79 Å². The van der Waals surface area contributed by atoms with E-state index in [4.69, 9.17) is 0 Å². The van der Waals surface area contributed by atoms with Gasteiger partial charge < -0.3 is 5.11 Å².